The van der Waals surface area contributed by atoms with Gasteiger partial charge in [0.1, 0.15) is 30.3 Å². The van der Waals surface area contributed by atoms with Gasteiger partial charge in [0.05, 0.1) is 13.2 Å². The standard InChI is InChI=1S/C15H15F2N5O2S2/c1-8(25-15-20-14(24-2)21-26-15)13(23)12(22-7-18-6-19-22)10-4-3-9(16)5-11(10)17/h3-8,12-13,23H,1-2H3. The number of halogens is 2. The summed E-state index contributed by atoms with van der Waals surface area (Å²) in [5.74, 6) is -1.46. The monoisotopic (exact) mass is 399 g/mol. The molecule has 3 atom stereocenters. The van der Waals surface area contributed by atoms with E-state index in [1.54, 1.807) is 6.92 Å². The van der Waals surface area contributed by atoms with Gasteiger partial charge in [0.25, 0.3) is 0 Å². The van der Waals surface area contributed by atoms with E-state index in [1.165, 1.54) is 42.3 Å². The molecule has 3 aromatic rings. The van der Waals surface area contributed by atoms with Crippen LogP contribution in [0.5, 0.6) is 6.01 Å². The van der Waals surface area contributed by atoms with Crippen LogP contribution in [-0.4, -0.2) is 47.7 Å². The van der Waals surface area contributed by atoms with E-state index in [1.807, 2.05) is 0 Å². The Morgan fingerprint density at radius 1 is 1.35 bits per heavy atom. The van der Waals surface area contributed by atoms with Gasteiger partial charge in [-0.3, -0.25) is 0 Å². The highest BCUT2D eigenvalue weighted by Gasteiger charge is 2.32. The van der Waals surface area contributed by atoms with Crippen molar-refractivity contribution in [2.75, 3.05) is 7.11 Å². The molecule has 1 aromatic carbocycles. The smallest absolute Gasteiger partial charge is 0.329 e. The van der Waals surface area contributed by atoms with Crippen LogP contribution < -0.4 is 4.74 Å². The van der Waals surface area contributed by atoms with Gasteiger partial charge in [0.2, 0.25) is 0 Å². The van der Waals surface area contributed by atoms with Crippen LogP contribution in [0.15, 0.2) is 35.2 Å². The van der Waals surface area contributed by atoms with Gasteiger partial charge < -0.3 is 9.84 Å². The summed E-state index contributed by atoms with van der Waals surface area (Å²) < 4.78 is 38.5. The number of aliphatic hydroxyl groups excluding tert-OH is 1. The summed E-state index contributed by atoms with van der Waals surface area (Å²) in [5.41, 5.74) is 0.117. The number of ether oxygens (including phenoxy) is 1. The van der Waals surface area contributed by atoms with Gasteiger partial charge in [-0.1, -0.05) is 24.8 Å². The highest BCUT2D eigenvalue weighted by atomic mass is 32.2. The van der Waals surface area contributed by atoms with E-state index < -0.39 is 29.0 Å². The van der Waals surface area contributed by atoms with Crippen molar-refractivity contribution in [3.8, 4) is 6.01 Å². The molecule has 0 aliphatic heterocycles. The van der Waals surface area contributed by atoms with E-state index in [0.29, 0.717) is 4.34 Å². The Balaban J connectivity index is 1.88. The zero-order valence-corrected chi connectivity index (χ0v) is 15.4. The zero-order valence-electron chi connectivity index (χ0n) is 13.8. The lowest BCUT2D eigenvalue weighted by molar-refractivity contribution is 0.123. The fourth-order valence-electron chi connectivity index (χ4n) is 2.40. The van der Waals surface area contributed by atoms with Crippen LogP contribution in [0.2, 0.25) is 0 Å². The summed E-state index contributed by atoms with van der Waals surface area (Å²) in [6, 6.07) is 2.58. The number of rotatable bonds is 7. The van der Waals surface area contributed by atoms with Gasteiger partial charge in [0, 0.05) is 16.9 Å². The summed E-state index contributed by atoms with van der Waals surface area (Å²) in [5, 5.41) is 14.5. The summed E-state index contributed by atoms with van der Waals surface area (Å²) in [4.78, 5) is 8.01. The van der Waals surface area contributed by atoms with Crippen molar-refractivity contribution in [1.29, 1.82) is 0 Å². The molecule has 0 radical (unpaired) electrons. The molecule has 26 heavy (non-hydrogen) atoms. The van der Waals surface area contributed by atoms with E-state index >= 15 is 0 Å². The van der Waals surface area contributed by atoms with Crippen molar-refractivity contribution >= 4 is 23.3 Å². The van der Waals surface area contributed by atoms with Gasteiger partial charge in [-0.15, -0.1) is 4.37 Å². The molecule has 138 valence electrons. The maximum Gasteiger partial charge on any atom is 0.329 e. The average molecular weight is 399 g/mol. The Hall–Kier alpha value is -2.11. The summed E-state index contributed by atoms with van der Waals surface area (Å²) in [6.45, 7) is 1.77. The van der Waals surface area contributed by atoms with Crippen LogP contribution in [0.3, 0.4) is 0 Å². The van der Waals surface area contributed by atoms with Gasteiger partial charge in [0.15, 0.2) is 4.34 Å². The van der Waals surface area contributed by atoms with Gasteiger partial charge >= 0.3 is 6.01 Å². The Kier molecular flexibility index (Phi) is 5.79. The van der Waals surface area contributed by atoms with Crippen LogP contribution in [0.25, 0.3) is 0 Å². The summed E-state index contributed by atoms with van der Waals surface area (Å²) in [7, 11) is 1.47. The predicted molar refractivity (Wildman–Crippen MR) is 92.3 cm³/mol. The minimum absolute atomic E-state index is 0.117. The molecule has 7 nitrogen and oxygen atoms in total. The topological polar surface area (TPSA) is 86.0 Å². The first-order valence-corrected chi connectivity index (χ1v) is 9.16. The van der Waals surface area contributed by atoms with Crippen molar-refractivity contribution in [2.24, 2.45) is 0 Å². The second kappa shape index (κ2) is 8.06. The first-order valence-electron chi connectivity index (χ1n) is 7.51. The molecule has 11 heteroatoms. The molecule has 0 aliphatic rings. The quantitative estimate of drug-likeness (QED) is 0.611. The lowest BCUT2D eigenvalue weighted by atomic mass is 9.99. The molecular weight excluding hydrogens is 384 g/mol. The van der Waals surface area contributed by atoms with Crippen molar-refractivity contribution in [3.63, 3.8) is 0 Å². The number of hydrogen-bond acceptors (Lipinski definition) is 8. The normalized spacial score (nSPS) is 14.8. The molecule has 0 bridgehead atoms. The second-order valence-electron chi connectivity index (χ2n) is 5.35. The molecular formula is C15H15F2N5O2S2. The minimum atomic E-state index is -1.06. The fourth-order valence-corrected chi connectivity index (χ4v) is 4.27. The van der Waals surface area contributed by atoms with Crippen LogP contribution >= 0.6 is 23.3 Å². The molecule has 2 aromatic heterocycles. The minimum Gasteiger partial charge on any atom is -0.466 e. The van der Waals surface area contributed by atoms with Crippen molar-refractivity contribution in [3.05, 3.63) is 48.1 Å². The van der Waals surface area contributed by atoms with Gasteiger partial charge in [-0.05, 0) is 17.6 Å². The molecule has 1 N–H and O–H groups in total. The SMILES string of the molecule is COc1nsc(SC(C)C(O)C(c2ccc(F)cc2F)n2cncn2)n1. The first kappa shape index (κ1) is 18.7. The van der Waals surface area contributed by atoms with E-state index in [-0.39, 0.29) is 11.6 Å². The highest BCUT2D eigenvalue weighted by Crippen LogP contribution is 2.34. The number of nitrogens with zero attached hydrogens (tertiary/aromatic N) is 5. The Morgan fingerprint density at radius 3 is 2.77 bits per heavy atom. The van der Waals surface area contributed by atoms with Crippen molar-refractivity contribution in [1.82, 2.24) is 24.1 Å². The van der Waals surface area contributed by atoms with E-state index in [9.17, 15) is 13.9 Å². The third-order valence-corrected chi connectivity index (χ3v) is 5.62. The lowest BCUT2D eigenvalue weighted by Gasteiger charge is -2.27. The number of aromatic nitrogens is 5. The summed E-state index contributed by atoms with van der Waals surface area (Å²) in [6.07, 6.45) is 1.60. The van der Waals surface area contributed by atoms with Crippen LogP contribution in [0.4, 0.5) is 8.78 Å². The number of aliphatic hydroxyl groups is 1. The van der Waals surface area contributed by atoms with Gasteiger partial charge in [-0.25, -0.2) is 18.4 Å². The first-order chi connectivity index (χ1) is 12.5. The fraction of sp³-hybridized carbons (Fsp3) is 0.333. The molecule has 3 unspecified atom stereocenters. The Morgan fingerprint density at radius 2 is 2.15 bits per heavy atom. The van der Waals surface area contributed by atoms with Crippen molar-refractivity contribution in [2.45, 2.75) is 28.7 Å². The molecule has 0 amide bonds. The van der Waals surface area contributed by atoms with E-state index in [4.69, 9.17) is 4.74 Å². The zero-order chi connectivity index (χ0) is 18.7. The predicted octanol–water partition coefficient (Wildman–Crippen LogP) is 2.55. The highest BCUT2D eigenvalue weighted by molar-refractivity contribution is 8.01. The molecule has 2 heterocycles. The van der Waals surface area contributed by atoms with Crippen LogP contribution in [0, 0.1) is 11.6 Å². The molecule has 3 rings (SSSR count). The number of methoxy groups -OCH3 is 1. The number of hydrogen-bond donors (Lipinski definition) is 1. The maximum atomic E-state index is 14.3. The lowest BCUT2D eigenvalue weighted by Crippen LogP contribution is -2.33. The van der Waals surface area contributed by atoms with Crippen LogP contribution in [0.1, 0.15) is 18.5 Å². The number of benzene rings is 1. The maximum absolute atomic E-state index is 14.3. The van der Waals surface area contributed by atoms with E-state index in [0.717, 1.165) is 23.7 Å². The molecule has 0 spiro atoms. The number of thioether (sulfide) groups is 1. The molecule has 0 saturated carbocycles. The average Bonchev–Trinajstić information content (AvgIpc) is 3.28. The molecule has 0 aliphatic carbocycles. The van der Waals surface area contributed by atoms with Crippen molar-refractivity contribution < 1.29 is 18.6 Å². The Labute approximate surface area is 156 Å². The molecule has 0 fully saturated rings. The van der Waals surface area contributed by atoms with E-state index in [2.05, 4.69) is 19.4 Å². The largest absolute Gasteiger partial charge is 0.466 e. The van der Waals surface area contributed by atoms with Gasteiger partial charge in [-0.2, -0.15) is 10.1 Å². The summed E-state index contributed by atoms with van der Waals surface area (Å²) >= 11 is 2.41. The second-order valence-corrected chi connectivity index (χ2v) is 7.72. The Bertz CT molecular complexity index is 862. The third-order valence-electron chi connectivity index (χ3n) is 3.67. The van der Waals surface area contributed by atoms with Crippen LogP contribution in [-0.2, 0) is 0 Å². The third kappa shape index (κ3) is 4.00. The molecule has 0 saturated heterocycles.